The number of carbonyl (C=O) groups is 2. The molecule has 246 valence electrons. The molecule has 0 fully saturated rings. The van der Waals surface area contributed by atoms with Crippen molar-refractivity contribution in [3.63, 3.8) is 0 Å². The molecular formula is C42H53KO4. The summed E-state index contributed by atoms with van der Waals surface area (Å²) in [5.74, 6) is 1.17. The third-order valence-corrected chi connectivity index (χ3v) is 7.63. The second kappa shape index (κ2) is 20.0. The van der Waals surface area contributed by atoms with Gasteiger partial charge < -0.3 is 10.2 Å². The molecule has 0 aromatic heterocycles. The van der Waals surface area contributed by atoms with Crippen molar-refractivity contribution in [1.29, 1.82) is 0 Å². The van der Waals surface area contributed by atoms with Crippen LogP contribution in [0, 0.1) is 27.7 Å². The van der Waals surface area contributed by atoms with Gasteiger partial charge in [-0.25, -0.2) is 0 Å². The molecule has 4 nitrogen and oxygen atoms in total. The quantitative estimate of drug-likeness (QED) is 0.124. The van der Waals surface area contributed by atoms with Gasteiger partial charge in [-0.1, -0.05) is 133 Å². The predicted octanol–water partition coefficient (Wildman–Crippen LogP) is 7.82. The first-order chi connectivity index (χ1) is 20.9. The minimum absolute atomic E-state index is 0. The first kappa shape index (κ1) is 44.4. The summed E-state index contributed by atoms with van der Waals surface area (Å²) in [5, 5.41) is 0. The van der Waals surface area contributed by atoms with E-state index in [9.17, 15) is 9.59 Å². The summed E-state index contributed by atoms with van der Waals surface area (Å²) >= 11 is 0. The Balaban J connectivity index is 0.000000727. The number of Topliss-reactive ketones (excluding diaryl/α,β-unsaturated/α-hetero) is 1. The van der Waals surface area contributed by atoms with E-state index in [1.807, 2.05) is 66.7 Å². The van der Waals surface area contributed by atoms with E-state index in [4.69, 9.17) is 4.74 Å². The van der Waals surface area contributed by atoms with Crippen molar-refractivity contribution in [3.05, 3.63) is 141 Å². The van der Waals surface area contributed by atoms with Gasteiger partial charge in [0.2, 0.25) is 0 Å². The van der Waals surface area contributed by atoms with Crippen LogP contribution in [0.25, 0.3) is 6.08 Å². The fourth-order valence-corrected chi connectivity index (χ4v) is 4.91. The number of rotatable bonds is 5. The van der Waals surface area contributed by atoms with Crippen LogP contribution < -0.4 is 56.1 Å². The van der Waals surface area contributed by atoms with Crippen molar-refractivity contribution in [2.75, 3.05) is 7.11 Å². The van der Waals surface area contributed by atoms with Crippen LogP contribution in [-0.2, 0) is 10.8 Å². The largest absolute Gasteiger partial charge is 1.00 e. The first-order valence-electron chi connectivity index (χ1n) is 15.6. The van der Waals surface area contributed by atoms with Crippen LogP contribution in [0.1, 0.15) is 108 Å². The maximum absolute atomic E-state index is 12.2. The zero-order chi connectivity index (χ0) is 33.9. The maximum Gasteiger partial charge on any atom is 1.00 e. The van der Waals surface area contributed by atoms with E-state index in [0.29, 0.717) is 0 Å². The van der Waals surface area contributed by atoms with E-state index < -0.39 is 0 Å². The third-order valence-electron chi connectivity index (χ3n) is 7.63. The Kier molecular flexibility index (Phi) is 18.9. The molecule has 4 rings (SSSR count). The number of allylic oxidation sites excluding steroid dienone is 1. The van der Waals surface area contributed by atoms with Crippen molar-refractivity contribution in [3.8, 4) is 5.75 Å². The Morgan fingerprint density at radius 1 is 0.617 bits per heavy atom. The second-order valence-electron chi connectivity index (χ2n) is 13.7. The van der Waals surface area contributed by atoms with E-state index in [2.05, 4.69) is 93.5 Å². The van der Waals surface area contributed by atoms with Gasteiger partial charge in [-0.3, -0.25) is 9.59 Å². The molecular weight excluding hydrogens is 608 g/mol. The summed E-state index contributed by atoms with van der Waals surface area (Å²) in [6.45, 7) is 23.3. The number of benzene rings is 4. The number of methoxy groups -OCH3 is 1. The van der Waals surface area contributed by atoms with E-state index in [0.717, 1.165) is 22.4 Å². The molecule has 47 heavy (non-hydrogen) atoms. The van der Waals surface area contributed by atoms with Gasteiger partial charge in [-0.15, -0.1) is 0 Å². The minimum Gasteiger partial charge on any atom is -0.870 e. The zero-order valence-corrected chi connectivity index (χ0v) is 34.0. The van der Waals surface area contributed by atoms with Crippen LogP contribution in [0.3, 0.4) is 0 Å². The molecule has 0 heterocycles. The number of aryl methyl sites for hydroxylation is 4. The van der Waals surface area contributed by atoms with Gasteiger partial charge >= 0.3 is 51.4 Å². The van der Waals surface area contributed by atoms with Crippen LogP contribution in [0.5, 0.6) is 5.75 Å². The van der Waals surface area contributed by atoms with Crippen molar-refractivity contribution in [2.24, 2.45) is 0 Å². The Hall–Kier alpha value is -2.64. The summed E-state index contributed by atoms with van der Waals surface area (Å²) in [6.07, 6.45) is 3.61. The molecule has 0 aliphatic carbocycles. The molecule has 0 unspecified atom stereocenters. The fourth-order valence-electron chi connectivity index (χ4n) is 4.91. The first-order valence-corrected chi connectivity index (χ1v) is 15.6. The molecule has 0 aliphatic heterocycles. The summed E-state index contributed by atoms with van der Waals surface area (Å²) < 4.78 is 5.34. The smallest absolute Gasteiger partial charge is 0.870 e. The van der Waals surface area contributed by atoms with E-state index in [-0.39, 0.29) is 79.3 Å². The van der Waals surface area contributed by atoms with E-state index >= 15 is 0 Å². The molecule has 0 spiro atoms. The van der Waals surface area contributed by atoms with Crippen molar-refractivity contribution >= 4 is 17.6 Å². The molecule has 0 aliphatic rings. The monoisotopic (exact) mass is 660 g/mol. The summed E-state index contributed by atoms with van der Waals surface area (Å²) in [6, 6.07) is 27.5. The molecule has 1 N–H and O–H groups in total. The normalized spacial score (nSPS) is 10.7. The maximum atomic E-state index is 12.2. The third kappa shape index (κ3) is 14.2. The van der Waals surface area contributed by atoms with Crippen LogP contribution >= 0.6 is 0 Å². The van der Waals surface area contributed by atoms with E-state index in [1.165, 1.54) is 33.4 Å². The van der Waals surface area contributed by atoms with Gasteiger partial charge in [0.05, 0.1) is 7.11 Å². The van der Waals surface area contributed by atoms with Gasteiger partial charge in [-0.2, -0.15) is 0 Å². The molecule has 0 radical (unpaired) electrons. The van der Waals surface area contributed by atoms with Crippen LogP contribution in [0.2, 0.25) is 0 Å². The van der Waals surface area contributed by atoms with Crippen molar-refractivity contribution < 1.29 is 71.2 Å². The molecule has 4 aromatic carbocycles. The SMILES string of the molecule is CC(=O)c1ccccc1.COc1c(C)cc(C(C)(C)C)cc1C.Cc1cc(C(C)(C)C)cc(C)c1/C=C/C(=O)c1ccccc1.[K+].[OH-]. The predicted molar refractivity (Wildman–Crippen MR) is 194 cm³/mol. The van der Waals surface area contributed by atoms with Crippen LogP contribution in [0.15, 0.2) is 91.0 Å². The number of hydrogen-bond acceptors (Lipinski definition) is 4. The fraction of sp³-hybridized carbons (Fsp3) is 0.333. The van der Waals surface area contributed by atoms with E-state index in [1.54, 1.807) is 20.1 Å². The number of carbonyl (C=O) groups excluding carboxylic acids is 2. The number of ketones is 2. The molecule has 0 amide bonds. The van der Waals surface area contributed by atoms with Gasteiger partial charge in [0, 0.05) is 11.1 Å². The molecule has 0 atom stereocenters. The Morgan fingerprint density at radius 2 is 0.979 bits per heavy atom. The Morgan fingerprint density at radius 3 is 1.30 bits per heavy atom. The van der Waals surface area contributed by atoms with Crippen LogP contribution in [-0.4, -0.2) is 24.2 Å². The zero-order valence-electron chi connectivity index (χ0n) is 30.9. The van der Waals surface area contributed by atoms with Crippen molar-refractivity contribution in [1.82, 2.24) is 0 Å². The average molecular weight is 661 g/mol. The molecule has 0 bridgehead atoms. The minimum atomic E-state index is 0. The molecule has 5 heteroatoms. The molecule has 0 saturated heterocycles. The summed E-state index contributed by atoms with van der Waals surface area (Å²) in [7, 11) is 1.73. The van der Waals surface area contributed by atoms with Crippen LogP contribution in [0.4, 0.5) is 0 Å². The van der Waals surface area contributed by atoms with Gasteiger partial charge in [0.15, 0.2) is 11.6 Å². The van der Waals surface area contributed by atoms with Crippen molar-refractivity contribution in [2.45, 2.75) is 87.0 Å². The average Bonchev–Trinajstić information content (AvgIpc) is 2.97. The van der Waals surface area contributed by atoms with Gasteiger partial charge in [-0.05, 0) is 90.5 Å². The molecule has 0 saturated carbocycles. The summed E-state index contributed by atoms with van der Waals surface area (Å²) in [4.78, 5) is 22.8. The Bertz CT molecular complexity index is 1560. The number of ether oxygens (including phenoxy) is 1. The Labute approximate surface area is 326 Å². The summed E-state index contributed by atoms with van der Waals surface area (Å²) in [5.41, 5.74) is 10.5. The van der Waals surface area contributed by atoms with Gasteiger partial charge in [0.25, 0.3) is 0 Å². The topological polar surface area (TPSA) is 73.4 Å². The molecule has 4 aromatic rings. The second-order valence-corrected chi connectivity index (χ2v) is 13.7. The standard InChI is InChI=1S/C21H24O.C13H20O.C8H8O.K.H2O/c1-15-13-18(21(3,4)5)14-16(2)19(15)11-12-20(22)17-9-7-6-8-10-17;1-9-7-11(13(3,4)5)8-10(2)12(9)14-6;1-7(9)8-5-3-2-4-6-8;;/h6-14H,1-5H3;7-8H,1-6H3;2-6H,1H3;;1H2/q;;;+1;/p-1/b12-11+;;;;. The number of hydrogen-bond donors (Lipinski definition) is 0. The van der Waals surface area contributed by atoms with Gasteiger partial charge in [0.1, 0.15) is 5.75 Å².